The Kier molecular flexibility index (Phi) is 4.05. The molecule has 0 amide bonds. The summed E-state index contributed by atoms with van der Waals surface area (Å²) in [5, 5.41) is 14.8. The molecule has 1 fully saturated rings. The predicted octanol–water partition coefficient (Wildman–Crippen LogP) is 4.59. The normalized spacial score (nSPS) is 19.5. The lowest BCUT2D eigenvalue weighted by Crippen LogP contribution is -2.32. The van der Waals surface area contributed by atoms with E-state index in [1.54, 1.807) is 11.3 Å². The molecule has 0 N–H and O–H groups in total. The van der Waals surface area contributed by atoms with Crippen molar-refractivity contribution < 1.29 is 4.42 Å². The molecule has 6 heteroatoms. The smallest absolute Gasteiger partial charge is 0.248 e. The highest BCUT2D eigenvalue weighted by Gasteiger charge is 2.29. The standard InChI is InChI=1S/C16H17N3OS2/c1-2-7-19(10-13-4-3-8-22-13)14(5-1)16-18-17-15(20-16)12-6-9-21-11-12/h3-4,6,8-9,11,14H,1-2,5,7,10H2/t14-/m1/s1. The molecule has 114 valence electrons. The zero-order chi connectivity index (χ0) is 14.8. The Hall–Kier alpha value is -1.50. The molecular formula is C16H17N3OS2. The molecule has 3 aromatic rings. The van der Waals surface area contributed by atoms with Crippen LogP contribution >= 0.6 is 22.7 Å². The summed E-state index contributed by atoms with van der Waals surface area (Å²) in [6.45, 7) is 2.07. The zero-order valence-electron chi connectivity index (χ0n) is 12.1. The van der Waals surface area contributed by atoms with E-state index < -0.39 is 0 Å². The number of hydrogen-bond acceptors (Lipinski definition) is 6. The Morgan fingerprint density at radius 2 is 2.23 bits per heavy atom. The first-order valence-electron chi connectivity index (χ1n) is 7.52. The van der Waals surface area contributed by atoms with Crippen LogP contribution in [-0.4, -0.2) is 21.6 Å². The maximum Gasteiger partial charge on any atom is 0.248 e. The number of aromatic nitrogens is 2. The fraction of sp³-hybridized carbons (Fsp3) is 0.375. The van der Waals surface area contributed by atoms with Crippen molar-refractivity contribution >= 4 is 22.7 Å². The number of hydrogen-bond donors (Lipinski definition) is 0. The van der Waals surface area contributed by atoms with Crippen LogP contribution in [0.1, 0.15) is 36.1 Å². The zero-order valence-corrected chi connectivity index (χ0v) is 13.8. The SMILES string of the molecule is c1csc(CN2CCCC[C@@H]2c2nnc(-c3ccsc3)o2)c1. The first-order valence-corrected chi connectivity index (χ1v) is 9.35. The van der Waals surface area contributed by atoms with Gasteiger partial charge in [-0.2, -0.15) is 11.3 Å². The summed E-state index contributed by atoms with van der Waals surface area (Å²) in [6.07, 6.45) is 3.56. The van der Waals surface area contributed by atoms with Crippen LogP contribution < -0.4 is 0 Å². The first-order chi connectivity index (χ1) is 10.9. The van der Waals surface area contributed by atoms with Gasteiger partial charge in [0.05, 0.1) is 6.04 Å². The number of nitrogens with zero attached hydrogens (tertiary/aromatic N) is 3. The maximum atomic E-state index is 5.96. The van der Waals surface area contributed by atoms with Crippen LogP contribution in [0, 0.1) is 0 Å². The fourth-order valence-electron chi connectivity index (χ4n) is 2.93. The molecule has 0 radical (unpaired) electrons. The monoisotopic (exact) mass is 331 g/mol. The van der Waals surface area contributed by atoms with E-state index in [2.05, 4.69) is 32.6 Å². The molecule has 1 aliphatic heterocycles. The molecule has 4 heterocycles. The average molecular weight is 331 g/mol. The second-order valence-corrected chi connectivity index (χ2v) is 7.33. The first kappa shape index (κ1) is 14.1. The molecular weight excluding hydrogens is 314 g/mol. The van der Waals surface area contributed by atoms with E-state index in [-0.39, 0.29) is 6.04 Å². The van der Waals surface area contributed by atoms with Crippen LogP contribution in [0.25, 0.3) is 11.5 Å². The Bertz CT molecular complexity index is 706. The molecule has 1 atom stereocenters. The van der Waals surface area contributed by atoms with Gasteiger partial charge in [-0.15, -0.1) is 21.5 Å². The van der Waals surface area contributed by atoms with Gasteiger partial charge < -0.3 is 4.42 Å². The Labute approximate surface area is 137 Å². The maximum absolute atomic E-state index is 5.96. The van der Waals surface area contributed by atoms with E-state index in [1.807, 2.05) is 28.2 Å². The third-order valence-electron chi connectivity index (χ3n) is 4.05. The molecule has 0 aromatic carbocycles. The van der Waals surface area contributed by atoms with Gasteiger partial charge >= 0.3 is 0 Å². The molecule has 0 saturated carbocycles. The van der Waals surface area contributed by atoms with E-state index in [1.165, 1.54) is 17.7 Å². The van der Waals surface area contributed by atoms with Gasteiger partial charge in [0.1, 0.15) is 0 Å². The number of thiophene rings is 2. The van der Waals surface area contributed by atoms with E-state index in [9.17, 15) is 0 Å². The minimum Gasteiger partial charge on any atom is -0.419 e. The second kappa shape index (κ2) is 6.32. The largest absolute Gasteiger partial charge is 0.419 e. The fourth-order valence-corrected chi connectivity index (χ4v) is 4.29. The molecule has 3 aromatic heterocycles. The average Bonchev–Trinajstić information content (AvgIpc) is 3.30. The van der Waals surface area contributed by atoms with Crippen molar-refractivity contribution in [1.29, 1.82) is 0 Å². The highest BCUT2D eigenvalue weighted by molar-refractivity contribution is 7.09. The van der Waals surface area contributed by atoms with Crippen molar-refractivity contribution in [3.05, 3.63) is 45.1 Å². The van der Waals surface area contributed by atoms with Crippen LogP contribution in [0.4, 0.5) is 0 Å². The highest BCUT2D eigenvalue weighted by Crippen LogP contribution is 2.33. The summed E-state index contributed by atoms with van der Waals surface area (Å²) in [5.41, 5.74) is 1.02. The number of rotatable bonds is 4. The molecule has 4 rings (SSSR count). The van der Waals surface area contributed by atoms with Crippen LogP contribution in [0.5, 0.6) is 0 Å². The van der Waals surface area contributed by atoms with Crippen LogP contribution in [0.2, 0.25) is 0 Å². The van der Waals surface area contributed by atoms with Gasteiger partial charge in [-0.3, -0.25) is 4.90 Å². The van der Waals surface area contributed by atoms with Crippen molar-refractivity contribution in [1.82, 2.24) is 15.1 Å². The van der Waals surface area contributed by atoms with Crippen molar-refractivity contribution in [3.8, 4) is 11.5 Å². The predicted molar refractivity (Wildman–Crippen MR) is 88.9 cm³/mol. The summed E-state index contributed by atoms with van der Waals surface area (Å²) in [4.78, 5) is 3.87. The Morgan fingerprint density at radius 3 is 3.05 bits per heavy atom. The molecule has 0 spiro atoms. The number of piperidine rings is 1. The molecule has 4 nitrogen and oxygen atoms in total. The van der Waals surface area contributed by atoms with Gasteiger partial charge in [0.25, 0.3) is 0 Å². The minimum absolute atomic E-state index is 0.246. The van der Waals surface area contributed by atoms with Gasteiger partial charge in [0, 0.05) is 22.4 Å². The van der Waals surface area contributed by atoms with E-state index in [0.717, 1.165) is 31.0 Å². The van der Waals surface area contributed by atoms with Crippen LogP contribution in [0.3, 0.4) is 0 Å². The molecule has 0 aliphatic carbocycles. The van der Waals surface area contributed by atoms with E-state index in [0.29, 0.717) is 5.89 Å². The lowest BCUT2D eigenvalue weighted by Gasteiger charge is -2.33. The molecule has 1 aliphatic rings. The lowest BCUT2D eigenvalue weighted by molar-refractivity contribution is 0.119. The van der Waals surface area contributed by atoms with Crippen LogP contribution in [0.15, 0.2) is 38.8 Å². The molecule has 0 bridgehead atoms. The summed E-state index contributed by atoms with van der Waals surface area (Å²) in [5.74, 6) is 1.40. The third kappa shape index (κ3) is 2.86. The molecule has 0 unspecified atom stereocenters. The summed E-state index contributed by atoms with van der Waals surface area (Å²) >= 11 is 3.46. The van der Waals surface area contributed by atoms with Crippen LogP contribution in [-0.2, 0) is 6.54 Å². The topological polar surface area (TPSA) is 42.2 Å². The lowest BCUT2D eigenvalue weighted by atomic mass is 10.0. The third-order valence-corrected chi connectivity index (χ3v) is 5.59. The van der Waals surface area contributed by atoms with Gasteiger partial charge in [0.2, 0.25) is 11.8 Å². The van der Waals surface area contributed by atoms with Crippen molar-refractivity contribution in [2.75, 3.05) is 6.54 Å². The minimum atomic E-state index is 0.246. The van der Waals surface area contributed by atoms with Gasteiger partial charge in [-0.25, -0.2) is 0 Å². The highest BCUT2D eigenvalue weighted by atomic mass is 32.1. The van der Waals surface area contributed by atoms with Crippen molar-refractivity contribution in [3.63, 3.8) is 0 Å². The van der Waals surface area contributed by atoms with E-state index in [4.69, 9.17) is 4.42 Å². The summed E-state index contributed by atoms with van der Waals surface area (Å²) in [7, 11) is 0. The molecule has 22 heavy (non-hydrogen) atoms. The van der Waals surface area contributed by atoms with E-state index >= 15 is 0 Å². The van der Waals surface area contributed by atoms with Crippen molar-refractivity contribution in [2.24, 2.45) is 0 Å². The summed E-state index contributed by atoms with van der Waals surface area (Å²) < 4.78 is 5.96. The molecule has 1 saturated heterocycles. The Balaban J connectivity index is 1.56. The van der Waals surface area contributed by atoms with Gasteiger partial charge in [0.15, 0.2) is 0 Å². The quantitative estimate of drug-likeness (QED) is 0.701. The second-order valence-electron chi connectivity index (χ2n) is 5.52. The van der Waals surface area contributed by atoms with Gasteiger partial charge in [-0.05, 0) is 42.3 Å². The Morgan fingerprint density at radius 1 is 1.23 bits per heavy atom. The van der Waals surface area contributed by atoms with Crippen molar-refractivity contribution in [2.45, 2.75) is 31.8 Å². The van der Waals surface area contributed by atoms with Gasteiger partial charge in [-0.1, -0.05) is 12.5 Å². The number of likely N-dealkylation sites (tertiary alicyclic amines) is 1. The summed E-state index contributed by atoms with van der Waals surface area (Å²) in [6, 6.07) is 6.57.